The van der Waals surface area contributed by atoms with Crippen LogP contribution in [0.1, 0.15) is 25.7 Å². The van der Waals surface area contributed by atoms with Gasteiger partial charge in [-0.15, -0.1) is 0 Å². The second-order valence-corrected chi connectivity index (χ2v) is 7.96. The molecule has 3 rings (SSSR count). The lowest BCUT2D eigenvalue weighted by atomic mass is 9.93. The van der Waals surface area contributed by atoms with Gasteiger partial charge in [0, 0.05) is 59.5 Å². The quantitative estimate of drug-likeness (QED) is 0.696. The monoisotopic (exact) mass is 390 g/mol. The van der Waals surface area contributed by atoms with E-state index in [9.17, 15) is 4.79 Å². The molecule has 28 heavy (non-hydrogen) atoms. The van der Waals surface area contributed by atoms with Gasteiger partial charge in [-0.3, -0.25) is 9.69 Å². The number of piperidine rings is 2. The van der Waals surface area contributed by atoms with E-state index in [1.807, 2.05) is 19.0 Å². The molecule has 0 bridgehead atoms. The number of hydrogen-bond acceptors (Lipinski definition) is 7. The van der Waals surface area contributed by atoms with Crippen molar-refractivity contribution in [2.75, 3.05) is 70.3 Å². The minimum atomic E-state index is 0.105. The molecule has 156 valence electrons. The lowest BCUT2D eigenvalue weighted by Gasteiger charge is -2.42. The summed E-state index contributed by atoms with van der Waals surface area (Å²) in [6, 6.07) is 2.61. The van der Waals surface area contributed by atoms with Crippen LogP contribution in [0.25, 0.3) is 0 Å². The van der Waals surface area contributed by atoms with Crippen LogP contribution in [0.3, 0.4) is 0 Å². The van der Waals surface area contributed by atoms with Gasteiger partial charge in [-0.05, 0) is 32.2 Å². The highest BCUT2D eigenvalue weighted by Crippen LogP contribution is 2.26. The number of carbonyl (C=O) groups excluding carboxylic acids is 1. The summed E-state index contributed by atoms with van der Waals surface area (Å²) < 4.78 is 5.02. The van der Waals surface area contributed by atoms with E-state index in [4.69, 9.17) is 4.74 Å². The smallest absolute Gasteiger partial charge is 0.224 e. The van der Waals surface area contributed by atoms with Gasteiger partial charge >= 0.3 is 0 Å². The molecule has 2 aliphatic heterocycles. The van der Waals surface area contributed by atoms with E-state index in [0.717, 1.165) is 63.5 Å². The van der Waals surface area contributed by atoms with Crippen molar-refractivity contribution in [3.05, 3.63) is 12.4 Å². The molecular formula is C20H34N6O2. The molecule has 1 N–H and O–H groups in total. The predicted octanol–water partition coefficient (Wildman–Crippen LogP) is 0.986. The van der Waals surface area contributed by atoms with E-state index < -0.39 is 0 Å². The van der Waals surface area contributed by atoms with Crippen LogP contribution in [-0.2, 0) is 9.53 Å². The molecular weight excluding hydrogens is 356 g/mol. The molecule has 1 aromatic rings. The zero-order valence-electron chi connectivity index (χ0n) is 17.4. The number of carbonyl (C=O) groups is 1. The molecule has 3 heterocycles. The largest absolute Gasteiger partial charge is 0.383 e. The van der Waals surface area contributed by atoms with Gasteiger partial charge in [0.05, 0.1) is 12.5 Å². The average Bonchev–Trinajstić information content (AvgIpc) is 2.74. The number of nitrogens with one attached hydrogen (secondary N) is 1. The van der Waals surface area contributed by atoms with Gasteiger partial charge in [-0.1, -0.05) is 0 Å². The Hall–Kier alpha value is -1.93. The first-order chi connectivity index (χ1) is 13.6. The molecule has 8 heteroatoms. The second-order valence-electron chi connectivity index (χ2n) is 7.96. The van der Waals surface area contributed by atoms with Crippen molar-refractivity contribution in [2.24, 2.45) is 5.92 Å². The molecule has 0 spiro atoms. The zero-order valence-corrected chi connectivity index (χ0v) is 17.4. The number of aromatic nitrogens is 2. The van der Waals surface area contributed by atoms with Crippen LogP contribution >= 0.6 is 0 Å². The first kappa shape index (κ1) is 20.8. The SMILES string of the molecule is COCCNC(=O)[C@@H]1CCCN(C2CCN(c3cc(N(C)C)ncn3)CC2)C1. The minimum absolute atomic E-state index is 0.105. The Morgan fingerprint density at radius 2 is 2.04 bits per heavy atom. The van der Waals surface area contributed by atoms with Crippen LogP contribution < -0.4 is 15.1 Å². The number of rotatable bonds is 7. The van der Waals surface area contributed by atoms with Crippen LogP contribution in [0.2, 0.25) is 0 Å². The van der Waals surface area contributed by atoms with Crippen LogP contribution in [0.4, 0.5) is 11.6 Å². The fourth-order valence-electron chi connectivity index (χ4n) is 4.19. The maximum absolute atomic E-state index is 12.4. The lowest BCUT2D eigenvalue weighted by molar-refractivity contribution is -0.127. The fraction of sp³-hybridized carbons (Fsp3) is 0.750. The highest BCUT2D eigenvalue weighted by atomic mass is 16.5. The molecule has 0 aliphatic carbocycles. The normalized spacial score (nSPS) is 21.5. The van der Waals surface area contributed by atoms with E-state index in [1.54, 1.807) is 13.4 Å². The molecule has 2 aliphatic rings. The number of ether oxygens (including phenoxy) is 1. The average molecular weight is 391 g/mol. The molecule has 2 saturated heterocycles. The Kier molecular flexibility index (Phi) is 7.44. The maximum Gasteiger partial charge on any atom is 0.224 e. The first-order valence-corrected chi connectivity index (χ1v) is 10.3. The van der Waals surface area contributed by atoms with Gasteiger partial charge in [-0.25, -0.2) is 9.97 Å². The predicted molar refractivity (Wildman–Crippen MR) is 111 cm³/mol. The summed E-state index contributed by atoms with van der Waals surface area (Å²) >= 11 is 0. The molecule has 0 saturated carbocycles. The highest BCUT2D eigenvalue weighted by molar-refractivity contribution is 5.78. The van der Waals surface area contributed by atoms with Crippen molar-refractivity contribution >= 4 is 17.5 Å². The summed E-state index contributed by atoms with van der Waals surface area (Å²) in [5.41, 5.74) is 0. The number of nitrogens with zero attached hydrogens (tertiary/aromatic N) is 5. The van der Waals surface area contributed by atoms with Crippen molar-refractivity contribution in [2.45, 2.75) is 31.7 Å². The summed E-state index contributed by atoms with van der Waals surface area (Å²) in [6.45, 7) is 5.13. The van der Waals surface area contributed by atoms with Crippen LogP contribution in [0.15, 0.2) is 12.4 Å². The van der Waals surface area contributed by atoms with Crippen LogP contribution in [0, 0.1) is 5.92 Å². The number of hydrogen-bond donors (Lipinski definition) is 1. The molecule has 2 fully saturated rings. The van der Waals surface area contributed by atoms with Gasteiger partial charge in [-0.2, -0.15) is 0 Å². The Labute approximate surface area is 168 Å². The number of methoxy groups -OCH3 is 1. The van der Waals surface area contributed by atoms with Gasteiger partial charge in [0.25, 0.3) is 0 Å². The van der Waals surface area contributed by atoms with E-state index in [-0.39, 0.29) is 11.8 Å². The number of likely N-dealkylation sites (tertiary alicyclic amines) is 1. The maximum atomic E-state index is 12.4. The third-order valence-electron chi connectivity index (χ3n) is 5.83. The Morgan fingerprint density at radius 3 is 2.75 bits per heavy atom. The third kappa shape index (κ3) is 5.32. The van der Waals surface area contributed by atoms with Crippen LogP contribution in [-0.4, -0.2) is 87.4 Å². The summed E-state index contributed by atoms with van der Waals surface area (Å²) in [5, 5.41) is 3.00. The lowest BCUT2D eigenvalue weighted by Crippen LogP contribution is -2.51. The highest BCUT2D eigenvalue weighted by Gasteiger charge is 2.31. The number of anilines is 2. The Balaban J connectivity index is 1.50. The first-order valence-electron chi connectivity index (χ1n) is 10.3. The zero-order chi connectivity index (χ0) is 19.9. The van der Waals surface area contributed by atoms with Gasteiger partial charge < -0.3 is 19.9 Å². The topological polar surface area (TPSA) is 73.8 Å². The van der Waals surface area contributed by atoms with E-state index in [2.05, 4.69) is 31.2 Å². The van der Waals surface area contributed by atoms with E-state index in [1.165, 1.54) is 0 Å². The van der Waals surface area contributed by atoms with Crippen molar-refractivity contribution in [1.82, 2.24) is 20.2 Å². The summed E-state index contributed by atoms with van der Waals surface area (Å²) in [4.78, 5) is 28.1. The van der Waals surface area contributed by atoms with Gasteiger partial charge in [0.1, 0.15) is 18.0 Å². The summed E-state index contributed by atoms with van der Waals surface area (Å²) in [7, 11) is 5.65. The Bertz CT molecular complexity index is 633. The summed E-state index contributed by atoms with van der Waals surface area (Å²) in [6.07, 6.45) is 5.95. The van der Waals surface area contributed by atoms with Gasteiger partial charge in [0.2, 0.25) is 5.91 Å². The van der Waals surface area contributed by atoms with E-state index in [0.29, 0.717) is 19.2 Å². The molecule has 1 atom stereocenters. The van der Waals surface area contributed by atoms with Crippen molar-refractivity contribution in [3.8, 4) is 0 Å². The molecule has 8 nitrogen and oxygen atoms in total. The van der Waals surface area contributed by atoms with E-state index >= 15 is 0 Å². The molecule has 1 amide bonds. The van der Waals surface area contributed by atoms with Gasteiger partial charge in [0.15, 0.2) is 0 Å². The van der Waals surface area contributed by atoms with Crippen molar-refractivity contribution in [1.29, 1.82) is 0 Å². The van der Waals surface area contributed by atoms with Crippen molar-refractivity contribution < 1.29 is 9.53 Å². The third-order valence-corrected chi connectivity index (χ3v) is 5.83. The fourth-order valence-corrected chi connectivity index (χ4v) is 4.19. The molecule has 0 radical (unpaired) electrons. The molecule has 1 aromatic heterocycles. The summed E-state index contributed by atoms with van der Waals surface area (Å²) in [5.74, 6) is 2.22. The number of amides is 1. The Morgan fingerprint density at radius 1 is 1.25 bits per heavy atom. The second kappa shape index (κ2) is 10.0. The van der Waals surface area contributed by atoms with Crippen molar-refractivity contribution in [3.63, 3.8) is 0 Å². The molecule has 0 unspecified atom stereocenters. The van der Waals surface area contributed by atoms with Crippen LogP contribution in [0.5, 0.6) is 0 Å². The minimum Gasteiger partial charge on any atom is -0.383 e. The standard InChI is InChI=1S/C20H34N6O2/c1-24(2)18-13-19(23-15-22-18)25-10-6-17(7-11-25)26-9-4-5-16(14-26)20(27)21-8-12-28-3/h13,15-17H,4-12,14H2,1-3H3,(H,21,27)/t16-/m1/s1. The molecule has 0 aromatic carbocycles.